The molecule has 1 heterocycles. The molecule has 0 N–H and O–H groups in total. The second-order valence-corrected chi connectivity index (χ2v) is 4.91. The fraction of sp³-hybridized carbons (Fsp3) is 0.562. The molecule has 0 spiro atoms. The highest BCUT2D eigenvalue weighted by atomic mass is 16.5. The second kappa shape index (κ2) is 7.20. The summed E-state index contributed by atoms with van der Waals surface area (Å²) in [7, 11) is 1.66. The standard InChI is InChI=1S/C16H25NO/c1-6-8-14(9-12(3)7-2)15-10-13(4)16(18-5)17-11-15/h8,10-12H,6-7,9H2,1-5H3/b14-8+. The minimum atomic E-state index is 0.713. The molecule has 1 aromatic heterocycles. The number of rotatable bonds is 6. The summed E-state index contributed by atoms with van der Waals surface area (Å²) in [6.45, 7) is 8.77. The first-order chi connectivity index (χ1) is 8.62. The van der Waals surface area contributed by atoms with E-state index >= 15 is 0 Å². The lowest BCUT2D eigenvalue weighted by atomic mass is 9.93. The van der Waals surface area contributed by atoms with Crippen molar-refractivity contribution < 1.29 is 4.74 Å². The number of pyridine rings is 1. The average molecular weight is 247 g/mol. The number of hydrogen-bond acceptors (Lipinski definition) is 2. The first kappa shape index (κ1) is 14.7. The van der Waals surface area contributed by atoms with E-state index in [9.17, 15) is 0 Å². The lowest BCUT2D eigenvalue weighted by molar-refractivity contribution is 0.394. The van der Waals surface area contributed by atoms with Crippen molar-refractivity contribution in [2.24, 2.45) is 5.92 Å². The number of hydrogen-bond donors (Lipinski definition) is 0. The molecular formula is C16H25NO. The van der Waals surface area contributed by atoms with Crippen LogP contribution in [0.25, 0.3) is 5.57 Å². The summed E-state index contributed by atoms with van der Waals surface area (Å²) < 4.78 is 5.21. The molecule has 0 saturated carbocycles. The third-order valence-electron chi connectivity index (χ3n) is 3.31. The normalized spacial score (nSPS) is 13.5. The Labute approximate surface area is 111 Å². The Morgan fingerprint density at radius 2 is 2.17 bits per heavy atom. The van der Waals surface area contributed by atoms with Crippen molar-refractivity contribution in [1.82, 2.24) is 4.98 Å². The van der Waals surface area contributed by atoms with Crippen LogP contribution in [0, 0.1) is 12.8 Å². The molecule has 1 unspecified atom stereocenters. The van der Waals surface area contributed by atoms with Gasteiger partial charge in [0.1, 0.15) is 0 Å². The molecule has 0 aliphatic heterocycles. The first-order valence-corrected chi connectivity index (χ1v) is 6.82. The lowest BCUT2D eigenvalue weighted by Gasteiger charge is -2.14. The van der Waals surface area contributed by atoms with Crippen LogP contribution in [0.3, 0.4) is 0 Å². The van der Waals surface area contributed by atoms with Gasteiger partial charge in [0, 0.05) is 11.8 Å². The van der Waals surface area contributed by atoms with Gasteiger partial charge in [-0.3, -0.25) is 0 Å². The van der Waals surface area contributed by atoms with Gasteiger partial charge in [-0.15, -0.1) is 0 Å². The van der Waals surface area contributed by atoms with E-state index in [1.165, 1.54) is 17.6 Å². The molecule has 2 nitrogen and oxygen atoms in total. The maximum atomic E-state index is 5.21. The van der Waals surface area contributed by atoms with Gasteiger partial charge in [-0.1, -0.05) is 33.3 Å². The van der Waals surface area contributed by atoms with Crippen LogP contribution in [0.15, 0.2) is 18.3 Å². The highest BCUT2D eigenvalue weighted by Crippen LogP contribution is 2.27. The molecule has 2 heteroatoms. The van der Waals surface area contributed by atoms with Gasteiger partial charge in [0.05, 0.1) is 7.11 Å². The maximum Gasteiger partial charge on any atom is 0.215 e. The zero-order valence-electron chi connectivity index (χ0n) is 12.3. The van der Waals surface area contributed by atoms with E-state index in [1.807, 2.05) is 13.1 Å². The topological polar surface area (TPSA) is 22.1 Å². The van der Waals surface area contributed by atoms with Gasteiger partial charge in [0.15, 0.2) is 0 Å². The van der Waals surface area contributed by atoms with Crippen molar-refractivity contribution in [2.45, 2.75) is 47.0 Å². The summed E-state index contributed by atoms with van der Waals surface area (Å²) in [5, 5.41) is 0. The van der Waals surface area contributed by atoms with Crippen LogP contribution in [-0.2, 0) is 0 Å². The van der Waals surface area contributed by atoms with Gasteiger partial charge in [-0.2, -0.15) is 0 Å². The third kappa shape index (κ3) is 3.86. The van der Waals surface area contributed by atoms with Gasteiger partial charge < -0.3 is 4.74 Å². The van der Waals surface area contributed by atoms with E-state index in [2.05, 4.69) is 37.9 Å². The van der Waals surface area contributed by atoms with Crippen LogP contribution in [-0.4, -0.2) is 12.1 Å². The van der Waals surface area contributed by atoms with E-state index in [4.69, 9.17) is 4.74 Å². The Morgan fingerprint density at radius 1 is 1.44 bits per heavy atom. The summed E-state index contributed by atoms with van der Waals surface area (Å²) in [6, 6.07) is 2.18. The van der Waals surface area contributed by atoms with Crippen molar-refractivity contribution in [1.29, 1.82) is 0 Å². The average Bonchev–Trinajstić information content (AvgIpc) is 2.38. The summed E-state index contributed by atoms with van der Waals surface area (Å²) in [4.78, 5) is 4.37. The molecule has 0 bridgehead atoms. The minimum absolute atomic E-state index is 0.713. The minimum Gasteiger partial charge on any atom is -0.481 e. The quantitative estimate of drug-likeness (QED) is 0.731. The largest absolute Gasteiger partial charge is 0.481 e. The third-order valence-corrected chi connectivity index (χ3v) is 3.31. The SMILES string of the molecule is CC/C=C(\CC(C)CC)c1cnc(OC)c(C)c1. The van der Waals surface area contributed by atoms with Crippen LogP contribution in [0.5, 0.6) is 5.88 Å². The predicted octanol–water partition coefficient (Wildman–Crippen LogP) is 4.63. The number of methoxy groups -OCH3 is 1. The van der Waals surface area contributed by atoms with Gasteiger partial charge in [0.25, 0.3) is 0 Å². The molecule has 0 fully saturated rings. The Morgan fingerprint density at radius 3 is 2.67 bits per heavy atom. The van der Waals surface area contributed by atoms with Crippen LogP contribution in [0.4, 0.5) is 0 Å². The summed E-state index contributed by atoms with van der Waals surface area (Å²) in [6.07, 6.45) is 7.64. The summed E-state index contributed by atoms with van der Waals surface area (Å²) >= 11 is 0. The maximum absolute atomic E-state index is 5.21. The van der Waals surface area contributed by atoms with Gasteiger partial charge in [0.2, 0.25) is 5.88 Å². The van der Waals surface area contributed by atoms with Crippen LogP contribution >= 0.6 is 0 Å². The molecular weight excluding hydrogens is 222 g/mol. The van der Waals surface area contributed by atoms with E-state index in [0.29, 0.717) is 5.92 Å². The number of aryl methyl sites for hydroxylation is 1. The summed E-state index contributed by atoms with van der Waals surface area (Å²) in [5.74, 6) is 1.43. The molecule has 0 amide bonds. The zero-order valence-corrected chi connectivity index (χ0v) is 12.3. The molecule has 100 valence electrons. The highest BCUT2D eigenvalue weighted by Gasteiger charge is 2.09. The molecule has 0 aliphatic carbocycles. The molecule has 0 saturated heterocycles. The molecule has 0 aromatic carbocycles. The second-order valence-electron chi connectivity index (χ2n) is 4.91. The fourth-order valence-electron chi connectivity index (χ4n) is 2.04. The first-order valence-electron chi connectivity index (χ1n) is 6.82. The van der Waals surface area contributed by atoms with Crippen LogP contribution in [0.1, 0.15) is 51.2 Å². The van der Waals surface area contributed by atoms with Crippen molar-refractivity contribution >= 4 is 5.57 Å². The Hall–Kier alpha value is -1.31. The van der Waals surface area contributed by atoms with Crippen molar-refractivity contribution in [3.63, 3.8) is 0 Å². The van der Waals surface area contributed by atoms with E-state index in [-0.39, 0.29) is 0 Å². The van der Waals surface area contributed by atoms with E-state index < -0.39 is 0 Å². The number of nitrogens with zero attached hydrogens (tertiary/aromatic N) is 1. The van der Waals surface area contributed by atoms with E-state index in [0.717, 1.165) is 24.3 Å². The molecule has 0 radical (unpaired) electrons. The Bertz CT molecular complexity index is 410. The van der Waals surface area contributed by atoms with Gasteiger partial charge in [-0.05, 0) is 42.9 Å². The van der Waals surface area contributed by atoms with Crippen LogP contribution < -0.4 is 4.74 Å². The summed E-state index contributed by atoms with van der Waals surface area (Å²) in [5.41, 5.74) is 3.74. The predicted molar refractivity (Wildman–Crippen MR) is 77.9 cm³/mol. The van der Waals surface area contributed by atoms with E-state index in [1.54, 1.807) is 7.11 Å². The molecule has 1 aromatic rings. The van der Waals surface area contributed by atoms with Crippen molar-refractivity contribution in [3.05, 3.63) is 29.5 Å². The Balaban J connectivity index is 2.99. The smallest absolute Gasteiger partial charge is 0.215 e. The molecule has 1 atom stereocenters. The molecule has 1 rings (SSSR count). The molecule has 0 aliphatic rings. The molecule has 18 heavy (non-hydrogen) atoms. The highest BCUT2D eigenvalue weighted by molar-refractivity contribution is 5.66. The fourth-order valence-corrected chi connectivity index (χ4v) is 2.04. The van der Waals surface area contributed by atoms with Crippen molar-refractivity contribution in [3.8, 4) is 5.88 Å². The number of aromatic nitrogens is 1. The van der Waals surface area contributed by atoms with Crippen molar-refractivity contribution in [2.75, 3.05) is 7.11 Å². The van der Waals surface area contributed by atoms with Gasteiger partial charge >= 0.3 is 0 Å². The Kier molecular flexibility index (Phi) is 5.90. The number of allylic oxidation sites excluding steroid dienone is 2. The van der Waals surface area contributed by atoms with Gasteiger partial charge in [-0.25, -0.2) is 4.98 Å². The number of ether oxygens (including phenoxy) is 1. The lowest BCUT2D eigenvalue weighted by Crippen LogP contribution is -1.98. The monoisotopic (exact) mass is 247 g/mol. The zero-order chi connectivity index (χ0) is 13.5. The van der Waals surface area contributed by atoms with Crippen LogP contribution in [0.2, 0.25) is 0 Å².